The van der Waals surface area contributed by atoms with Crippen LogP contribution in [0, 0.1) is 13.8 Å². The maximum atomic E-state index is 6.06. The molecule has 1 heterocycles. The van der Waals surface area contributed by atoms with Gasteiger partial charge in [-0.3, -0.25) is 0 Å². The summed E-state index contributed by atoms with van der Waals surface area (Å²) in [6.07, 6.45) is 1.17. The van der Waals surface area contributed by atoms with Crippen molar-refractivity contribution >= 4 is 5.69 Å². The molecule has 1 aliphatic heterocycles. The van der Waals surface area contributed by atoms with Crippen molar-refractivity contribution in [1.29, 1.82) is 0 Å². The number of para-hydroxylation sites is 1. The molecule has 0 fully saturated rings. The maximum absolute atomic E-state index is 6.06. The van der Waals surface area contributed by atoms with Gasteiger partial charge in [-0.05, 0) is 74.9 Å². The first-order valence-corrected chi connectivity index (χ1v) is 8.94. The van der Waals surface area contributed by atoms with Crippen LogP contribution >= 0.6 is 0 Å². The van der Waals surface area contributed by atoms with Crippen molar-refractivity contribution in [3.8, 4) is 5.75 Å². The summed E-state index contributed by atoms with van der Waals surface area (Å²) in [6, 6.07) is 15.2. The molecule has 128 valence electrons. The molecule has 0 aromatic heterocycles. The summed E-state index contributed by atoms with van der Waals surface area (Å²) >= 11 is 0. The number of benzene rings is 2. The van der Waals surface area contributed by atoms with E-state index in [0.29, 0.717) is 12.5 Å². The molecule has 0 amide bonds. The highest BCUT2D eigenvalue weighted by molar-refractivity contribution is 5.59. The highest BCUT2D eigenvalue weighted by atomic mass is 16.5. The molecule has 2 heteroatoms. The Bertz CT molecular complexity index is 699. The number of fused-ring (bicyclic) bond motifs is 1. The molecule has 1 unspecified atom stereocenters. The molecule has 2 nitrogen and oxygen atoms in total. The molecule has 0 spiro atoms. The zero-order valence-corrected chi connectivity index (χ0v) is 15.6. The van der Waals surface area contributed by atoms with Gasteiger partial charge in [0, 0.05) is 11.2 Å². The summed E-state index contributed by atoms with van der Waals surface area (Å²) in [5, 5.41) is 0. The third-order valence-electron chi connectivity index (χ3n) is 5.07. The van der Waals surface area contributed by atoms with Crippen molar-refractivity contribution in [2.75, 3.05) is 18.1 Å². The van der Waals surface area contributed by atoms with Crippen LogP contribution in [-0.2, 0) is 0 Å². The van der Waals surface area contributed by atoms with Crippen LogP contribution < -0.4 is 9.64 Å². The number of aryl methyl sites for hydroxylation is 2. The van der Waals surface area contributed by atoms with Crippen LogP contribution in [0.2, 0.25) is 0 Å². The molecule has 2 aromatic carbocycles. The molecule has 0 radical (unpaired) electrons. The van der Waals surface area contributed by atoms with Gasteiger partial charge in [0.05, 0.1) is 6.54 Å². The predicted octanol–water partition coefficient (Wildman–Crippen LogP) is 5.47. The molecule has 0 aliphatic carbocycles. The second-order valence-corrected chi connectivity index (χ2v) is 7.80. The summed E-state index contributed by atoms with van der Waals surface area (Å²) in [4.78, 5) is 2.52. The van der Waals surface area contributed by atoms with Gasteiger partial charge in [-0.15, -0.1) is 0 Å². The van der Waals surface area contributed by atoms with E-state index in [9.17, 15) is 0 Å². The van der Waals surface area contributed by atoms with Gasteiger partial charge in [0.1, 0.15) is 12.4 Å². The third kappa shape index (κ3) is 3.43. The highest BCUT2D eigenvalue weighted by Gasteiger charge is 2.35. The van der Waals surface area contributed by atoms with Crippen molar-refractivity contribution in [2.24, 2.45) is 0 Å². The zero-order chi connectivity index (χ0) is 17.3. The molecule has 0 saturated carbocycles. The number of hydrogen-bond acceptors (Lipinski definition) is 2. The van der Waals surface area contributed by atoms with Crippen LogP contribution in [0.15, 0.2) is 42.5 Å². The Morgan fingerprint density at radius 3 is 2.46 bits per heavy atom. The number of nitrogens with zero attached hydrogens (tertiary/aromatic N) is 1. The number of rotatable bonds is 4. The summed E-state index contributed by atoms with van der Waals surface area (Å²) in [6.45, 7) is 12.9. The Balaban J connectivity index is 1.75. The van der Waals surface area contributed by atoms with Gasteiger partial charge in [-0.25, -0.2) is 0 Å². The van der Waals surface area contributed by atoms with Crippen LogP contribution in [-0.4, -0.2) is 18.7 Å². The molecule has 2 aromatic rings. The van der Waals surface area contributed by atoms with Crippen LogP contribution in [0.1, 0.15) is 49.8 Å². The summed E-state index contributed by atoms with van der Waals surface area (Å²) in [5.41, 5.74) is 5.48. The van der Waals surface area contributed by atoms with E-state index in [-0.39, 0.29) is 5.54 Å². The quantitative estimate of drug-likeness (QED) is 0.739. The Morgan fingerprint density at radius 2 is 1.75 bits per heavy atom. The molecule has 3 rings (SSSR count). The minimum absolute atomic E-state index is 0.152. The number of hydrogen-bond donors (Lipinski definition) is 0. The predicted molar refractivity (Wildman–Crippen MR) is 102 cm³/mol. The highest BCUT2D eigenvalue weighted by Crippen LogP contribution is 2.42. The molecular weight excluding hydrogens is 294 g/mol. The van der Waals surface area contributed by atoms with Gasteiger partial charge in [0.2, 0.25) is 0 Å². The number of ether oxygens (including phenoxy) is 1. The van der Waals surface area contributed by atoms with E-state index in [4.69, 9.17) is 4.74 Å². The number of anilines is 1. The smallest absolute Gasteiger partial charge is 0.119 e. The van der Waals surface area contributed by atoms with E-state index in [1.54, 1.807) is 0 Å². The van der Waals surface area contributed by atoms with Gasteiger partial charge < -0.3 is 9.64 Å². The summed E-state index contributed by atoms with van der Waals surface area (Å²) in [5.74, 6) is 1.58. The molecular formula is C22H29NO. The summed E-state index contributed by atoms with van der Waals surface area (Å²) in [7, 11) is 0. The van der Waals surface area contributed by atoms with Crippen LogP contribution in [0.25, 0.3) is 0 Å². The Morgan fingerprint density at radius 1 is 1.08 bits per heavy atom. The minimum Gasteiger partial charge on any atom is -0.492 e. The average molecular weight is 323 g/mol. The molecule has 24 heavy (non-hydrogen) atoms. The molecule has 0 N–H and O–H groups in total. The zero-order valence-electron chi connectivity index (χ0n) is 15.6. The van der Waals surface area contributed by atoms with Crippen LogP contribution in [0.4, 0.5) is 5.69 Å². The first-order valence-electron chi connectivity index (χ1n) is 8.94. The summed E-state index contributed by atoms with van der Waals surface area (Å²) < 4.78 is 6.06. The van der Waals surface area contributed by atoms with Gasteiger partial charge in [-0.1, -0.05) is 31.2 Å². The lowest BCUT2D eigenvalue weighted by atomic mass is 9.80. The second kappa shape index (κ2) is 6.51. The van der Waals surface area contributed by atoms with Crippen molar-refractivity contribution in [3.63, 3.8) is 0 Å². The monoisotopic (exact) mass is 323 g/mol. The topological polar surface area (TPSA) is 12.5 Å². The Kier molecular flexibility index (Phi) is 4.58. The lowest BCUT2D eigenvalue weighted by Gasteiger charge is -2.47. The lowest BCUT2D eigenvalue weighted by Crippen LogP contribution is -2.50. The molecule has 1 atom stereocenters. The second-order valence-electron chi connectivity index (χ2n) is 7.80. The van der Waals surface area contributed by atoms with E-state index in [2.05, 4.69) is 82.0 Å². The third-order valence-corrected chi connectivity index (χ3v) is 5.07. The molecule has 1 aliphatic rings. The lowest BCUT2D eigenvalue weighted by molar-refractivity contribution is 0.294. The van der Waals surface area contributed by atoms with Gasteiger partial charge in [0.15, 0.2) is 0 Å². The van der Waals surface area contributed by atoms with Crippen molar-refractivity contribution in [2.45, 2.75) is 52.5 Å². The fourth-order valence-corrected chi connectivity index (χ4v) is 4.14. The van der Waals surface area contributed by atoms with E-state index in [1.165, 1.54) is 28.8 Å². The van der Waals surface area contributed by atoms with Crippen molar-refractivity contribution < 1.29 is 4.74 Å². The van der Waals surface area contributed by atoms with Gasteiger partial charge in [0.25, 0.3) is 0 Å². The first-order chi connectivity index (χ1) is 11.4. The van der Waals surface area contributed by atoms with Crippen molar-refractivity contribution in [1.82, 2.24) is 0 Å². The van der Waals surface area contributed by atoms with E-state index in [0.717, 1.165) is 12.3 Å². The standard InChI is InChI=1S/C22H29NO/c1-16-12-17(2)14-19(13-16)24-11-10-23-21-9-7-6-8-20(21)18(3)15-22(23,4)5/h6-9,12-14,18H,10-11,15H2,1-5H3. The minimum atomic E-state index is 0.152. The normalized spacial score (nSPS) is 19.0. The largest absolute Gasteiger partial charge is 0.492 e. The van der Waals surface area contributed by atoms with Gasteiger partial charge >= 0.3 is 0 Å². The average Bonchev–Trinajstić information content (AvgIpc) is 2.49. The fourth-order valence-electron chi connectivity index (χ4n) is 4.14. The van der Waals surface area contributed by atoms with Crippen LogP contribution in [0.5, 0.6) is 5.75 Å². The van der Waals surface area contributed by atoms with E-state index < -0.39 is 0 Å². The molecule has 0 bridgehead atoms. The van der Waals surface area contributed by atoms with E-state index in [1.807, 2.05) is 0 Å². The first kappa shape index (κ1) is 16.9. The Hall–Kier alpha value is -1.96. The van der Waals surface area contributed by atoms with E-state index >= 15 is 0 Å². The fraction of sp³-hybridized carbons (Fsp3) is 0.455. The Labute approximate surface area is 146 Å². The maximum Gasteiger partial charge on any atom is 0.119 e. The van der Waals surface area contributed by atoms with Gasteiger partial charge in [-0.2, -0.15) is 0 Å². The molecule has 0 saturated heterocycles. The van der Waals surface area contributed by atoms with Crippen LogP contribution in [0.3, 0.4) is 0 Å². The van der Waals surface area contributed by atoms with Crippen molar-refractivity contribution in [3.05, 3.63) is 59.2 Å². The SMILES string of the molecule is Cc1cc(C)cc(OCCN2c3ccccc3C(C)CC2(C)C)c1.